The molecule has 0 unspecified atom stereocenters. The van der Waals surface area contributed by atoms with Gasteiger partial charge in [0.05, 0.1) is 6.20 Å². The number of hydrogen-bond donors (Lipinski definition) is 0. The van der Waals surface area contributed by atoms with Crippen molar-refractivity contribution in [2.45, 2.75) is 19.3 Å². The van der Waals surface area contributed by atoms with Crippen LogP contribution in [-0.4, -0.2) is 10.8 Å². The van der Waals surface area contributed by atoms with E-state index in [4.69, 9.17) is 0 Å². The van der Waals surface area contributed by atoms with Gasteiger partial charge in [-0.05, 0) is 42.5 Å². The van der Waals surface area contributed by atoms with E-state index >= 15 is 0 Å². The van der Waals surface area contributed by atoms with E-state index in [-0.39, 0.29) is 5.78 Å². The first kappa shape index (κ1) is 11.1. The average molecular weight is 241 g/mol. The van der Waals surface area contributed by atoms with Crippen LogP contribution in [0.1, 0.15) is 33.5 Å². The van der Waals surface area contributed by atoms with E-state index in [0.29, 0.717) is 11.1 Å². The summed E-state index contributed by atoms with van der Waals surface area (Å²) in [6, 6.07) is 6.97. The summed E-state index contributed by atoms with van der Waals surface area (Å²) < 4.78 is 13.0. The van der Waals surface area contributed by atoms with E-state index in [0.717, 1.165) is 25.5 Å². The standard InChI is InChI=1S/C15H12FNO/c16-14-7-13(8-17-9-14)15(18)12-5-4-10-2-1-3-11(10)6-12/h4-9H,1-3H2. The largest absolute Gasteiger partial charge is 0.289 e. The lowest BCUT2D eigenvalue weighted by Gasteiger charge is -2.04. The molecule has 0 aliphatic heterocycles. The Labute approximate surface area is 104 Å². The third-order valence-corrected chi connectivity index (χ3v) is 3.33. The van der Waals surface area contributed by atoms with Crippen molar-refractivity contribution in [1.29, 1.82) is 0 Å². The maximum atomic E-state index is 13.0. The molecule has 0 N–H and O–H groups in total. The molecule has 0 fully saturated rings. The van der Waals surface area contributed by atoms with Crippen LogP contribution in [0.15, 0.2) is 36.7 Å². The monoisotopic (exact) mass is 241 g/mol. The molecule has 0 bridgehead atoms. The van der Waals surface area contributed by atoms with Crippen LogP contribution in [-0.2, 0) is 12.8 Å². The van der Waals surface area contributed by atoms with Gasteiger partial charge in [0.25, 0.3) is 0 Å². The zero-order valence-corrected chi connectivity index (χ0v) is 9.82. The van der Waals surface area contributed by atoms with Crippen molar-refractivity contribution in [3.8, 4) is 0 Å². The third-order valence-electron chi connectivity index (χ3n) is 3.33. The van der Waals surface area contributed by atoms with Crippen LogP contribution < -0.4 is 0 Å². The second-order valence-electron chi connectivity index (χ2n) is 4.56. The Hall–Kier alpha value is -2.03. The number of halogens is 1. The summed E-state index contributed by atoms with van der Waals surface area (Å²) in [5.74, 6) is -0.654. The molecule has 3 heteroatoms. The molecule has 0 saturated heterocycles. The van der Waals surface area contributed by atoms with Gasteiger partial charge in [0.15, 0.2) is 5.78 Å². The molecule has 0 atom stereocenters. The van der Waals surface area contributed by atoms with E-state index in [2.05, 4.69) is 4.98 Å². The van der Waals surface area contributed by atoms with Crippen LogP contribution in [0, 0.1) is 5.82 Å². The van der Waals surface area contributed by atoms with Crippen LogP contribution >= 0.6 is 0 Å². The minimum Gasteiger partial charge on any atom is -0.289 e. The van der Waals surface area contributed by atoms with Crippen molar-refractivity contribution in [3.05, 3.63) is 64.7 Å². The van der Waals surface area contributed by atoms with Crippen molar-refractivity contribution in [3.63, 3.8) is 0 Å². The summed E-state index contributed by atoms with van der Waals surface area (Å²) in [4.78, 5) is 15.9. The number of pyridine rings is 1. The van der Waals surface area contributed by atoms with E-state index in [1.54, 1.807) is 0 Å². The fourth-order valence-electron chi connectivity index (χ4n) is 2.42. The minimum absolute atomic E-state index is 0.170. The molecular formula is C15H12FNO. The SMILES string of the molecule is O=C(c1cncc(F)c1)c1ccc2c(c1)CCC2. The normalized spacial score (nSPS) is 13.4. The van der Waals surface area contributed by atoms with E-state index in [1.807, 2.05) is 18.2 Å². The molecule has 18 heavy (non-hydrogen) atoms. The van der Waals surface area contributed by atoms with Crippen molar-refractivity contribution in [2.75, 3.05) is 0 Å². The molecule has 1 aliphatic carbocycles. The maximum absolute atomic E-state index is 13.0. The van der Waals surface area contributed by atoms with Gasteiger partial charge in [0.1, 0.15) is 5.82 Å². The highest BCUT2D eigenvalue weighted by Gasteiger charge is 2.15. The first-order valence-corrected chi connectivity index (χ1v) is 6.01. The molecule has 1 aromatic heterocycles. The number of aromatic nitrogens is 1. The second kappa shape index (κ2) is 4.33. The first-order chi connectivity index (χ1) is 8.74. The summed E-state index contributed by atoms with van der Waals surface area (Å²) in [5.41, 5.74) is 3.48. The lowest BCUT2D eigenvalue weighted by Crippen LogP contribution is -2.03. The van der Waals surface area contributed by atoms with Gasteiger partial charge in [-0.25, -0.2) is 4.39 Å². The molecule has 2 aromatic rings. The number of carbonyl (C=O) groups excluding carboxylic acids is 1. The number of benzene rings is 1. The molecular weight excluding hydrogens is 229 g/mol. The molecule has 0 radical (unpaired) electrons. The van der Waals surface area contributed by atoms with Crippen LogP contribution in [0.5, 0.6) is 0 Å². The molecule has 0 amide bonds. The summed E-state index contributed by atoms with van der Waals surface area (Å²) >= 11 is 0. The fraction of sp³-hybridized carbons (Fsp3) is 0.200. The number of fused-ring (bicyclic) bond motifs is 1. The van der Waals surface area contributed by atoms with Crippen molar-refractivity contribution < 1.29 is 9.18 Å². The molecule has 90 valence electrons. The highest BCUT2D eigenvalue weighted by Crippen LogP contribution is 2.23. The average Bonchev–Trinajstić information content (AvgIpc) is 2.85. The van der Waals surface area contributed by atoms with Gasteiger partial charge in [-0.3, -0.25) is 9.78 Å². The van der Waals surface area contributed by atoms with Crippen molar-refractivity contribution >= 4 is 5.78 Å². The Bertz CT molecular complexity index is 622. The van der Waals surface area contributed by atoms with Crippen LogP contribution in [0.2, 0.25) is 0 Å². The number of ketones is 1. The summed E-state index contributed by atoms with van der Waals surface area (Å²) in [6.45, 7) is 0. The van der Waals surface area contributed by atoms with Gasteiger partial charge >= 0.3 is 0 Å². The van der Waals surface area contributed by atoms with Crippen LogP contribution in [0.25, 0.3) is 0 Å². The van der Waals surface area contributed by atoms with Crippen molar-refractivity contribution in [1.82, 2.24) is 4.98 Å². The predicted octanol–water partition coefficient (Wildman–Crippen LogP) is 2.94. The Morgan fingerprint density at radius 2 is 1.89 bits per heavy atom. The van der Waals surface area contributed by atoms with E-state index in [1.165, 1.54) is 23.4 Å². The molecule has 0 spiro atoms. The molecule has 3 rings (SSSR count). The molecule has 1 aliphatic rings. The quantitative estimate of drug-likeness (QED) is 0.757. The van der Waals surface area contributed by atoms with E-state index in [9.17, 15) is 9.18 Å². The molecule has 1 heterocycles. The highest BCUT2D eigenvalue weighted by molar-refractivity contribution is 6.08. The highest BCUT2D eigenvalue weighted by atomic mass is 19.1. The number of carbonyl (C=O) groups is 1. The summed E-state index contributed by atoms with van der Waals surface area (Å²) in [6.07, 6.45) is 5.76. The Morgan fingerprint density at radius 1 is 1.06 bits per heavy atom. The zero-order valence-electron chi connectivity index (χ0n) is 9.82. The number of nitrogens with zero attached hydrogens (tertiary/aromatic N) is 1. The smallest absolute Gasteiger partial charge is 0.194 e. The first-order valence-electron chi connectivity index (χ1n) is 6.01. The van der Waals surface area contributed by atoms with Gasteiger partial charge in [-0.2, -0.15) is 0 Å². The topological polar surface area (TPSA) is 30.0 Å². The lowest BCUT2D eigenvalue weighted by molar-refractivity contribution is 0.103. The summed E-state index contributed by atoms with van der Waals surface area (Å²) in [7, 11) is 0. The van der Waals surface area contributed by atoms with Crippen LogP contribution in [0.3, 0.4) is 0 Å². The Morgan fingerprint density at radius 3 is 2.72 bits per heavy atom. The van der Waals surface area contributed by atoms with E-state index < -0.39 is 5.82 Å². The molecule has 0 saturated carbocycles. The van der Waals surface area contributed by atoms with Crippen LogP contribution in [0.4, 0.5) is 4.39 Å². The number of rotatable bonds is 2. The number of aryl methyl sites for hydroxylation is 2. The predicted molar refractivity (Wildman–Crippen MR) is 66.1 cm³/mol. The summed E-state index contributed by atoms with van der Waals surface area (Å²) in [5, 5.41) is 0. The second-order valence-corrected chi connectivity index (χ2v) is 4.56. The maximum Gasteiger partial charge on any atom is 0.194 e. The van der Waals surface area contributed by atoms with Gasteiger partial charge < -0.3 is 0 Å². The molecule has 2 nitrogen and oxygen atoms in total. The molecule has 1 aromatic carbocycles. The minimum atomic E-state index is -0.484. The Kier molecular flexibility index (Phi) is 2.67. The van der Waals surface area contributed by atoms with Gasteiger partial charge in [-0.15, -0.1) is 0 Å². The van der Waals surface area contributed by atoms with Crippen molar-refractivity contribution in [2.24, 2.45) is 0 Å². The van der Waals surface area contributed by atoms with Gasteiger partial charge in [0, 0.05) is 17.3 Å². The zero-order chi connectivity index (χ0) is 12.5. The Balaban J connectivity index is 1.98. The van der Waals surface area contributed by atoms with Gasteiger partial charge in [0.2, 0.25) is 0 Å². The fourth-order valence-corrected chi connectivity index (χ4v) is 2.42. The third kappa shape index (κ3) is 1.92. The number of hydrogen-bond acceptors (Lipinski definition) is 2. The lowest BCUT2D eigenvalue weighted by atomic mass is 10.0. The van der Waals surface area contributed by atoms with Gasteiger partial charge in [-0.1, -0.05) is 12.1 Å².